The Morgan fingerprint density at radius 2 is 2.39 bits per heavy atom. The summed E-state index contributed by atoms with van der Waals surface area (Å²) in [6.07, 6.45) is 3.51. The number of pyridine rings is 1. The molecule has 1 fully saturated rings. The standard InChI is InChI=1S/C14H19N3O/c1-11-5-6-12(10-15)14(16-11)18-9-7-13-4-3-8-17(13)2/h5-6,13H,3-4,7-9H2,1-2H3. The smallest absolute Gasteiger partial charge is 0.231 e. The molecule has 0 amide bonds. The maximum Gasteiger partial charge on any atom is 0.231 e. The van der Waals surface area contributed by atoms with Crippen molar-refractivity contribution < 1.29 is 4.74 Å². The number of nitrogens with zero attached hydrogens (tertiary/aromatic N) is 3. The molecule has 2 rings (SSSR count). The van der Waals surface area contributed by atoms with E-state index in [1.54, 1.807) is 6.07 Å². The molecule has 18 heavy (non-hydrogen) atoms. The fraction of sp³-hybridized carbons (Fsp3) is 0.571. The lowest BCUT2D eigenvalue weighted by molar-refractivity contribution is 0.228. The van der Waals surface area contributed by atoms with Crippen LogP contribution in [0.2, 0.25) is 0 Å². The minimum Gasteiger partial charge on any atom is -0.477 e. The first-order valence-electron chi connectivity index (χ1n) is 6.41. The van der Waals surface area contributed by atoms with E-state index in [-0.39, 0.29) is 0 Å². The van der Waals surface area contributed by atoms with Gasteiger partial charge in [0, 0.05) is 11.7 Å². The van der Waals surface area contributed by atoms with Crippen LogP contribution >= 0.6 is 0 Å². The molecule has 0 bridgehead atoms. The van der Waals surface area contributed by atoms with Crippen LogP contribution in [-0.4, -0.2) is 36.1 Å². The number of rotatable bonds is 4. The van der Waals surface area contributed by atoms with Gasteiger partial charge in [-0.05, 0) is 51.9 Å². The number of aryl methyl sites for hydroxylation is 1. The van der Waals surface area contributed by atoms with Gasteiger partial charge in [-0.2, -0.15) is 5.26 Å². The Bertz CT molecular complexity index is 453. The molecule has 4 nitrogen and oxygen atoms in total. The summed E-state index contributed by atoms with van der Waals surface area (Å²) in [6.45, 7) is 3.70. The van der Waals surface area contributed by atoms with Gasteiger partial charge in [-0.15, -0.1) is 0 Å². The summed E-state index contributed by atoms with van der Waals surface area (Å²) in [4.78, 5) is 6.64. The number of ether oxygens (including phenoxy) is 1. The Balaban J connectivity index is 1.90. The Labute approximate surface area is 108 Å². The number of likely N-dealkylation sites (tertiary alicyclic amines) is 1. The fourth-order valence-electron chi connectivity index (χ4n) is 2.36. The van der Waals surface area contributed by atoms with Gasteiger partial charge in [0.15, 0.2) is 0 Å². The van der Waals surface area contributed by atoms with E-state index in [0.29, 0.717) is 24.1 Å². The van der Waals surface area contributed by atoms with E-state index in [4.69, 9.17) is 10.00 Å². The predicted molar refractivity (Wildman–Crippen MR) is 69.5 cm³/mol. The minimum atomic E-state index is 0.471. The van der Waals surface area contributed by atoms with Crippen LogP contribution in [0.15, 0.2) is 12.1 Å². The maximum atomic E-state index is 8.98. The second-order valence-corrected chi connectivity index (χ2v) is 4.83. The Kier molecular flexibility index (Phi) is 4.16. The number of hydrogen-bond acceptors (Lipinski definition) is 4. The molecule has 0 spiro atoms. The third kappa shape index (κ3) is 2.99. The Morgan fingerprint density at radius 1 is 1.56 bits per heavy atom. The summed E-state index contributed by atoms with van der Waals surface area (Å²) < 4.78 is 5.66. The first-order chi connectivity index (χ1) is 8.70. The van der Waals surface area contributed by atoms with Crippen LogP contribution in [0.3, 0.4) is 0 Å². The first-order valence-corrected chi connectivity index (χ1v) is 6.41. The molecular weight excluding hydrogens is 226 g/mol. The lowest BCUT2D eigenvalue weighted by Crippen LogP contribution is -2.26. The Hall–Kier alpha value is -1.60. The van der Waals surface area contributed by atoms with Gasteiger partial charge >= 0.3 is 0 Å². The number of aromatic nitrogens is 1. The molecule has 2 heterocycles. The average Bonchev–Trinajstić information content (AvgIpc) is 2.76. The van der Waals surface area contributed by atoms with Gasteiger partial charge in [-0.1, -0.05) is 0 Å². The molecule has 0 aromatic carbocycles. The quantitative estimate of drug-likeness (QED) is 0.815. The van der Waals surface area contributed by atoms with E-state index in [1.807, 2.05) is 13.0 Å². The van der Waals surface area contributed by atoms with Gasteiger partial charge in [0.2, 0.25) is 5.88 Å². The summed E-state index contributed by atoms with van der Waals surface area (Å²) in [5, 5.41) is 8.98. The molecule has 1 saturated heterocycles. The second-order valence-electron chi connectivity index (χ2n) is 4.83. The van der Waals surface area contributed by atoms with Crippen LogP contribution in [-0.2, 0) is 0 Å². The number of nitriles is 1. The third-order valence-electron chi connectivity index (χ3n) is 3.48. The SMILES string of the molecule is Cc1ccc(C#N)c(OCCC2CCCN2C)n1. The number of hydrogen-bond donors (Lipinski definition) is 0. The van der Waals surface area contributed by atoms with Crippen LogP contribution < -0.4 is 4.74 Å². The van der Waals surface area contributed by atoms with E-state index >= 15 is 0 Å². The van der Waals surface area contributed by atoms with E-state index in [9.17, 15) is 0 Å². The summed E-state index contributed by atoms with van der Waals surface area (Å²) in [5.41, 5.74) is 1.39. The fourth-order valence-corrected chi connectivity index (χ4v) is 2.36. The molecule has 1 aliphatic heterocycles. The lowest BCUT2D eigenvalue weighted by atomic mass is 10.1. The van der Waals surface area contributed by atoms with Crippen molar-refractivity contribution >= 4 is 0 Å². The van der Waals surface area contributed by atoms with Gasteiger partial charge in [0.05, 0.1) is 6.61 Å². The van der Waals surface area contributed by atoms with Crippen molar-refractivity contribution in [1.82, 2.24) is 9.88 Å². The monoisotopic (exact) mass is 245 g/mol. The summed E-state index contributed by atoms with van der Waals surface area (Å²) in [6, 6.07) is 6.32. The van der Waals surface area contributed by atoms with E-state index < -0.39 is 0 Å². The highest BCUT2D eigenvalue weighted by atomic mass is 16.5. The van der Waals surface area contributed by atoms with E-state index in [2.05, 4.69) is 23.0 Å². The van der Waals surface area contributed by atoms with Gasteiger partial charge < -0.3 is 9.64 Å². The highest BCUT2D eigenvalue weighted by Gasteiger charge is 2.20. The highest BCUT2D eigenvalue weighted by Crippen LogP contribution is 2.19. The van der Waals surface area contributed by atoms with Crippen LogP contribution in [0.4, 0.5) is 0 Å². The molecule has 96 valence electrons. The molecular formula is C14H19N3O. The minimum absolute atomic E-state index is 0.471. The van der Waals surface area contributed by atoms with Gasteiger partial charge in [0.1, 0.15) is 11.6 Å². The normalized spacial score (nSPS) is 19.7. The molecule has 0 saturated carbocycles. The summed E-state index contributed by atoms with van der Waals surface area (Å²) >= 11 is 0. The predicted octanol–water partition coefficient (Wildman–Crippen LogP) is 2.12. The third-order valence-corrected chi connectivity index (χ3v) is 3.48. The molecule has 0 N–H and O–H groups in total. The van der Waals surface area contributed by atoms with Crippen molar-refractivity contribution in [3.8, 4) is 11.9 Å². The molecule has 1 unspecified atom stereocenters. The van der Waals surface area contributed by atoms with Crippen molar-refractivity contribution in [2.45, 2.75) is 32.2 Å². The van der Waals surface area contributed by atoms with Crippen molar-refractivity contribution in [3.05, 3.63) is 23.4 Å². The summed E-state index contributed by atoms with van der Waals surface area (Å²) in [7, 11) is 2.16. The topological polar surface area (TPSA) is 49.1 Å². The zero-order valence-electron chi connectivity index (χ0n) is 11.0. The van der Waals surface area contributed by atoms with Gasteiger partial charge in [0.25, 0.3) is 0 Å². The van der Waals surface area contributed by atoms with Crippen molar-refractivity contribution in [3.63, 3.8) is 0 Å². The van der Waals surface area contributed by atoms with Crippen molar-refractivity contribution in [2.75, 3.05) is 20.2 Å². The lowest BCUT2D eigenvalue weighted by Gasteiger charge is -2.19. The molecule has 4 heteroatoms. The van der Waals surface area contributed by atoms with E-state index in [1.165, 1.54) is 19.4 Å². The zero-order valence-corrected chi connectivity index (χ0v) is 11.0. The van der Waals surface area contributed by atoms with Crippen molar-refractivity contribution in [1.29, 1.82) is 5.26 Å². The molecule has 1 aliphatic rings. The zero-order chi connectivity index (χ0) is 13.0. The maximum absolute atomic E-state index is 8.98. The molecule has 1 aromatic rings. The summed E-state index contributed by atoms with van der Waals surface area (Å²) in [5.74, 6) is 0.471. The largest absolute Gasteiger partial charge is 0.477 e. The van der Waals surface area contributed by atoms with Crippen LogP contribution in [0.1, 0.15) is 30.5 Å². The van der Waals surface area contributed by atoms with E-state index in [0.717, 1.165) is 12.1 Å². The molecule has 1 atom stereocenters. The molecule has 0 aliphatic carbocycles. The average molecular weight is 245 g/mol. The van der Waals surface area contributed by atoms with Crippen LogP contribution in [0, 0.1) is 18.3 Å². The molecule has 0 radical (unpaired) electrons. The second kappa shape index (κ2) is 5.83. The van der Waals surface area contributed by atoms with Crippen molar-refractivity contribution in [2.24, 2.45) is 0 Å². The Morgan fingerprint density at radius 3 is 3.06 bits per heavy atom. The first kappa shape index (κ1) is 12.8. The van der Waals surface area contributed by atoms with Gasteiger partial charge in [-0.25, -0.2) is 4.98 Å². The van der Waals surface area contributed by atoms with Crippen LogP contribution in [0.5, 0.6) is 5.88 Å². The highest BCUT2D eigenvalue weighted by molar-refractivity contribution is 5.38. The van der Waals surface area contributed by atoms with Crippen LogP contribution in [0.25, 0.3) is 0 Å². The molecule has 1 aromatic heterocycles. The van der Waals surface area contributed by atoms with Gasteiger partial charge in [-0.3, -0.25) is 0 Å².